The molecule has 0 bridgehead atoms. The molecule has 0 fully saturated rings. The minimum absolute atomic E-state index is 0.301. The summed E-state index contributed by atoms with van der Waals surface area (Å²) in [7, 11) is 0. The molecule has 0 radical (unpaired) electrons. The number of benzene rings is 3. The molecule has 0 saturated heterocycles. The van der Waals surface area contributed by atoms with Crippen LogP contribution in [-0.2, 0) is 9.53 Å². The maximum atomic E-state index is 13.9. The third kappa shape index (κ3) is 5.79. The van der Waals surface area contributed by atoms with Crippen LogP contribution in [0, 0.1) is 0 Å². The molecular weight excluding hydrogens is 598 g/mol. The number of aromatic nitrogens is 1. The van der Waals surface area contributed by atoms with Gasteiger partial charge in [0, 0.05) is 22.3 Å². The molecule has 10 heteroatoms. The van der Waals surface area contributed by atoms with E-state index in [2.05, 4.69) is 10.3 Å². The third-order valence-corrected chi connectivity index (χ3v) is 8.30. The number of thiazole rings is 1. The second-order valence-corrected chi connectivity index (χ2v) is 11.4. The number of allylic oxidation sites excluding steroid dienone is 1. The molecule has 1 unspecified atom stereocenters. The number of hydrogen-bond acceptors (Lipinski definition) is 7. The van der Waals surface area contributed by atoms with E-state index in [4.69, 9.17) is 20.8 Å². The monoisotopic (exact) mass is 623 g/mol. The highest BCUT2D eigenvalue weighted by molar-refractivity contribution is 7.07. The SMILES string of the molecule is CCOC(=O)c1ccc(-c2ccc(/C=c3\sc4n(c3=O)C(c3ccc(Cl)cc3)C(C(=O)Nc3ccccc3)=C(C)N=4)o2)cc1. The zero-order chi connectivity index (χ0) is 30.8. The molecule has 2 aromatic heterocycles. The van der Waals surface area contributed by atoms with Gasteiger partial charge in [0.1, 0.15) is 11.5 Å². The molecule has 3 aromatic carbocycles. The smallest absolute Gasteiger partial charge is 0.338 e. The lowest BCUT2D eigenvalue weighted by atomic mass is 9.95. The van der Waals surface area contributed by atoms with Gasteiger partial charge in [0.15, 0.2) is 4.80 Å². The number of anilines is 1. The summed E-state index contributed by atoms with van der Waals surface area (Å²) in [6.45, 7) is 3.83. The van der Waals surface area contributed by atoms with Crippen LogP contribution in [0.2, 0.25) is 5.02 Å². The van der Waals surface area contributed by atoms with Crippen molar-refractivity contribution < 1.29 is 18.7 Å². The Labute approximate surface area is 261 Å². The summed E-state index contributed by atoms with van der Waals surface area (Å²) in [4.78, 5) is 44.7. The van der Waals surface area contributed by atoms with Crippen molar-refractivity contribution in [1.29, 1.82) is 0 Å². The molecule has 6 rings (SSSR count). The van der Waals surface area contributed by atoms with Gasteiger partial charge in [0.2, 0.25) is 0 Å². The molecule has 220 valence electrons. The molecule has 1 amide bonds. The Morgan fingerprint density at radius 3 is 2.45 bits per heavy atom. The molecule has 44 heavy (non-hydrogen) atoms. The Kier molecular flexibility index (Phi) is 8.15. The van der Waals surface area contributed by atoms with Gasteiger partial charge in [-0.3, -0.25) is 14.2 Å². The predicted molar refractivity (Wildman–Crippen MR) is 170 cm³/mol. The zero-order valence-corrected chi connectivity index (χ0v) is 25.3. The number of fused-ring (bicyclic) bond motifs is 1. The van der Waals surface area contributed by atoms with Crippen LogP contribution >= 0.6 is 22.9 Å². The number of rotatable bonds is 7. The first kappa shape index (κ1) is 29.1. The van der Waals surface area contributed by atoms with E-state index in [1.54, 1.807) is 85.2 Å². The summed E-state index contributed by atoms with van der Waals surface area (Å²) in [5.74, 6) is 0.313. The van der Waals surface area contributed by atoms with Crippen LogP contribution in [0.3, 0.4) is 0 Å². The summed E-state index contributed by atoms with van der Waals surface area (Å²) in [6, 6.07) is 26.0. The van der Waals surface area contributed by atoms with Crippen molar-refractivity contribution in [2.45, 2.75) is 19.9 Å². The quantitative estimate of drug-likeness (QED) is 0.225. The number of hydrogen-bond donors (Lipinski definition) is 1. The normalized spacial score (nSPS) is 14.6. The summed E-state index contributed by atoms with van der Waals surface area (Å²) in [5.41, 5.74) is 3.15. The van der Waals surface area contributed by atoms with Gasteiger partial charge in [-0.1, -0.05) is 65.4 Å². The van der Waals surface area contributed by atoms with Gasteiger partial charge in [0.25, 0.3) is 11.5 Å². The Bertz CT molecular complexity index is 2080. The molecular formula is C34H26ClN3O5S. The van der Waals surface area contributed by atoms with Gasteiger partial charge in [-0.05, 0) is 67.9 Å². The number of esters is 1. The van der Waals surface area contributed by atoms with Gasteiger partial charge in [-0.15, -0.1) is 0 Å². The maximum absolute atomic E-state index is 13.9. The molecule has 1 aliphatic rings. The van der Waals surface area contributed by atoms with E-state index in [9.17, 15) is 14.4 Å². The Balaban J connectivity index is 1.38. The molecule has 8 nitrogen and oxygen atoms in total. The van der Waals surface area contributed by atoms with E-state index in [-0.39, 0.29) is 17.4 Å². The van der Waals surface area contributed by atoms with Crippen LogP contribution in [0.15, 0.2) is 116 Å². The van der Waals surface area contributed by atoms with Crippen molar-refractivity contribution in [3.05, 3.63) is 144 Å². The van der Waals surface area contributed by atoms with Crippen molar-refractivity contribution in [3.63, 3.8) is 0 Å². The number of furan rings is 1. The Morgan fingerprint density at radius 2 is 1.75 bits per heavy atom. The fourth-order valence-corrected chi connectivity index (χ4v) is 6.14. The number of halogens is 1. The van der Waals surface area contributed by atoms with Crippen LogP contribution in [0.5, 0.6) is 0 Å². The number of ether oxygens (including phenoxy) is 1. The van der Waals surface area contributed by atoms with Crippen LogP contribution in [0.1, 0.15) is 41.6 Å². The van der Waals surface area contributed by atoms with Crippen LogP contribution < -0.4 is 20.2 Å². The number of carbonyl (C=O) groups excluding carboxylic acids is 2. The van der Waals surface area contributed by atoms with E-state index in [1.165, 1.54) is 11.3 Å². The molecule has 1 atom stereocenters. The average Bonchev–Trinajstić information content (AvgIpc) is 3.61. The highest BCUT2D eigenvalue weighted by Gasteiger charge is 2.32. The van der Waals surface area contributed by atoms with E-state index >= 15 is 0 Å². The van der Waals surface area contributed by atoms with Gasteiger partial charge in [-0.2, -0.15) is 0 Å². The van der Waals surface area contributed by atoms with Crippen molar-refractivity contribution >= 4 is 46.6 Å². The summed E-state index contributed by atoms with van der Waals surface area (Å²) < 4.78 is 13.0. The molecule has 3 heterocycles. The zero-order valence-electron chi connectivity index (χ0n) is 23.7. The van der Waals surface area contributed by atoms with Crippen LogP contribution in [-0.4, -0.2) is 23.1 Å². The van der Waals surface area contributed by atoms with Gasteiger partial charge in [-0.25, -0.2) is 9.79 Å². The molecule has 0 spiro atoms. The van der Waals surface area contributed by atoms with Gasteiger partial charge < -0.3 is 14.5 Å². The van der Waals surface area contributed by atoms with Crippen molar-refractivity contribution in [2.75, 3.05) is 11.9 Å². The first-order chi connectivity index (χ1) is 21.3. The molecule has 1 aliphatic heterocycles. The van der Waals surface area contributed by atoms with Gasteiger partial charge in [0.05, 0.1) is 34.0 Å². The Hall–Kier alpha value is -4.99. The van der Waals surface area contributed by atoms with Crippen LogP contribution in [0.4, 0.5) is 5.69 Å². The number of amides is 1. The second kappa shape index (κ2) is 12.3. The highest BCUT2D eigenvalue weighted by Crippen LogP contribution is 2.31. The topological polar surface area (TPSA) is 103 Å². The minimum Gasteiger partial charge on any atom is -0.462 e. The molecule has 0 aliphatic carbocycles. The van der Waals surface area contributed by atoms with E-state index < -0.39 is 6.04 Å². The van der Waals surface area contributed by atoms with Crippen molar-refractivity contribution in [1.82, 2.24) is 4.57 Å². The summed E-state index contributed by atoms with van der Waals surface area (Å²) >= 11 is 7.40. The Morgan fingerprint density at radius 1 is 1.02 bits per heavy atom. The number of para-hydroxylation sites is 1. The van der Waals surface area contributed by atoms with Crippen LogP contribution in [0.25, 0.3) is 17.4 Å². The van der Waals surface area contributed by atoms with Crippen molar-refractivity contribution in [2.24, 2.45) is 4.99 Å². The van der Waals surface area contributed by atoms with Crippen molar-refractivity contribution in [3.8, 4) is 11.3 Å². The number of nitrogens with zero attached hydrogens (tertiary/aromatic N) is 2. The standard InChI is InChI=1S/C34H26ClN3O5S/c1-3-42-33(41)23-11-9-21(10-12-23)27-18-17-26(43-27)19-28-32(40)38-30(22-13-15-24(35)16-14-22)29(20(2)36-34(38)44-28)31(39)37-25-7-5-4-6-8-25/h4-19,30H,3H2,1-2H3,(H,37,39)/b28-19-. The lowest BCUT2D eigenvalue weighted by Crippen LogP contribution is -2.40. The summed E-state index contributed by atoms with van der Waals surface area (Å²) in [6.07, 6.45) is 1.67. The molecule has 1 N–H and O–H groups in total. The average molecular weight is 624 g/mol. The second-order valence-electron chi connectivity index (χ2n) is 9.95. The lowest BCUT2D eigenvalue weighted by molar-refractivity contribution is -0.113. The highest BCUT2D eigenvalue weighted by atomic mass is 35.5. The number of carbonyl (C=O) groups is 2. The summed E-state index contributed by atoms with van der Waals surface area (Å²) in [5, 5.41) is 3.48. The first-order valence-electron chi connectivity index (χ1n) is 13.8. The predicted octanol–water partition coefficient (Wildman–Crippen LogP) is 5.96. The number of nitrogens with one attached hydrogen (secondary N) is 1. The van der Waals surface area contributed by atoms with Gasteiger partial charge >= 0.3 is 5.97 Å². The van der Waals surface area contributed by atoms with E-state index in [1.807, 2.05) is 30.3 Å². The minimum atomic E-state index is -0.723. The fourth-order valence-electron chi connectivity index (χ4n) is 4.99. The maximum Gasteiger partial charge on any atom is 0.338 e. The lowest BCUT2D eigenvalue weighted by Gasteiger charge is -2.25. The first-order valence-corrected chi connectivity index (χ1v) is 15.0. The molecule has 0 saturated carbocycles. The fraction of sp³-hybridized carbons (Fsp3) is 0.118. The van der Waals surface area contributed by atoms with E-state index in [0.717, 1.165) is 11.1 Å². The molecule has 5 aromatic rings. The largest absolute Gasteiger partial charge is 0.462 e. The van der Waals surface area contributed by atoms with E-state index in [0.29, 0.717) is 55.0 Å². The third-order valence-electron chi connectivity index (χ3n) is 7.06.